The first-order chi connectivity index (χ1) is 12.2. The lowest BCUT2D eigenvalue weighted by Gasteiger charge is -2.15. The number of benzene rings is 1. The van der Waals surface area contributed by atoms with Crippen molar-refractivity contribution in [2.24, 2.45) is 4.99 Å². The Bertz CT molecular complexity index is 516. The number of hydrogen-bond donors (Lipinski definition) is 2. The average molecular weight is 495 g/mol. The fraction of sp³-hybridized carbons (Fsp3) is 0.632. The van der Waals surface area contributed by atoms with Gasteiger partial charge in [-0.05, 0) is 43.4 Å². The van der Waals surface area contributed by atoms with Crippen molar-refractivity contribution in [3.05, 3.63) is 29.3 Å². The van der Waals surface area contributed by atoms with Gasteiger partial charge in [0, 0.05) is 45.8 Å². The van der Waals surface area contributed by atoms with Crippen LogP contribution in [0.3, 0.4) is 0 Å². The van der Waals surface area contributed by atoms with Crippen LogP contribution >= 0.6 is 35.7 Å². The zero-order chi connectivity index (χ0) is 18.3. The summed E-state index contributed by atoms with van der Waals surface area (Å²) in [6.45, 7) is 5.08. The van der Waals surface area contributed by atoms with Crippen molar-refractivity contribution in [1.29, 1.82) is 0 Å². The number of nitrogens with one attached hydrogen (secondary N) is 2. The van der Waals surface area contributed by atoms with Crippen LogP contribution < -0.4 is 15.4 Å². The number of methoxy groups -OCH3 is 1. The topological polar surface area (TPSA) is 54.9 Å². The number of guanidine groups is 1. The Hall–Kier alpha value is -0.670. The maximum atomic E-state index is 5.93. The van der Waals surface area contributed by atoms with E-state index in [1.807, 2.05) is 11.8 Å². The van der Waals surface area contributed by atoms with Gasteiger partial charge in [-0.1, -0.05) is 12.1 Å². The third kappa shape index (κ3) is 11.1. The molecular formula is C19H34IN3O2S. The smallest absolute Gasteiger partial charge is 0.191 e. The van der Waals surface area contributed by atoms with Gasteiger partial charge < -0.3 is 20.1 Å². The predicted molar refractivity (Wildman–Crippen MR) is 124 cm³/mol. The maximum absolute atomic E-state index is 5.93. The average Bonchev–Trinajstić information content (AvgIpc) is 2.62. The van der Waals surface area contributed by atoms with Gasteiger partial charge in [-0.25, -0.2) is 0 Å². The van der Waals surface area contributed by atoms with Gasteiger partial charge in [-0.3, -0.25) is 4.99 Å². The molecule has 26 heavy (non-hydrogen) atoms. The number of rotatable bonds is 12. The number of hydrogen-bond acceptors (Lipinski definition) is 4. The lowest BCUT2D eigenvalue weighted by atomic mass is 10.1. The minimum Gasteiger partial charge on any atom is -0.493 e. The van der Waals surface area contributed by atoms with Crippen LogP contribution in [0, 0.1) is 6.92 Å². The Morgan fingerprint density at radius 2 is 1.96 bits per heavy atom. The van der Waals surface area contributed by atoms with Crippen LogP contribution in [0.1, 0.15) is 30.4 Å². The van der Waals surface area contributed by atoms with Crippen molar-refractivity contribution in [3.63, 3.8) is 0 Å². The van der Waals surface area contributed by atoms with Crippen LogP contribution in [0.4, 0.5) is 0 Å². The van der Waals surface area contributed by atoms with Gasteiger partial charge in [0.1, 0.15) is 5.75 Å². The van der Waals surface area contributed by atoms with Crippen LogP contribution in [0.25, 0.3) is 0 Å². The van der Waals surface area contributed by atoms with Gasteiger partial charge in [0.25, 0.3) is 0 Å². The summed E-state index contributed by atoms with van der Waals surface area (Å²) in [5.74, 6) is 2.97. The third-order valence-corrected chi connectivity index (χ3v) is 4.41. The summed E-state index contributed by atoms with van der Waals surface area (Å²) in [6, 6.07) is 6.31. The Morgan fingerprint density at radius 1 is 1.15 bits per heavy atom. The first-order valence-electron chi connectivity index (χ1n) is 8.86. The standard InChI is InChI=1S/C19H33N3O2S.HI/c1-16-8-9-17(18(14-16)24-12-7-11-23-3)15-22-19(20-2)21-10-5-6-13-25-4;/h8-9,14H,5-7,10-13,15H2,1-4H3,(H2,20,21,22);1H. The number of ether oxygens (including phenoxy) is 2. The molecule has 0 radical (unpaired) electrons. The lowest BCUT2D eigenvalue weighted by Crippen LogP contribution is -2.37. The van der Waals surface area contributed by atoms with Crippen molar-refractivity contribution in [2.75, 3.05) is 45.9 Å². The second kappa shape index (κ2) is 16.5. The van der Waals surface area contributed by atoms with Crippen LogP contribution in [0.15, 0.2) is 23.2 Å². The molecule has 2 N–H and O–H groups in total. The second-order valence-electron chi connectivity index (χ2n) is 5.86. The fourth-order valence-corrected chi connectivity index (χ4v) is 2.80. The summed E-state index contributed by atoms with van der Waals surface area (Å²) >= 11 is 1.89. The highest BCUT2D eigenvalue weighted by Gasteiger charge is 2.06. The van der Waals surface area contributed by atoms with Gasteiger partial charge in [-0.15, -0.1) is 24.0 Å². The highest BCUT2D eigenvalue weighted by Crippen LogP contribution is 2.20. The molecule has 0 heterocycles. The molecule has 7 heteroatoms. The summed E-state index contributed by atoms with van der Waals surface area (Å²) in [5, 5.41) is 6.73. The van der Waals surface area contributed by atoms with Gasteiger partial charge in [-0.2, -0.15) is 11.8 Å². The molecule has 1 aromatic rings. The van der Waals surface area contributed by atoms with Crippen LogP contribution in [-0.4, -0.2) is 51.9 Å². The Labute approximate surface area is 180 Å². The normalized spacial score (nSPS) is 11.0. The van der Waals surface area contributed by atoms with E-state index in [-0.39, 0.29) is 24.0 Å². The maximum Gasteiger partial charge on any atom is 0.191 e. The lowest BCUT2D eigenvalue weighted by molar-refractivity contribution is 0.172. The van der Waals surface area contributed by atoms with Crippen molar-refractivity contribution in [1.82, 2.24) is 10.6 Å². The molecule has 0 aliphatic rings. The molecule has 0 saturated carbocycles. The molecule has 0 aromatic heterocycles. The summed E-state index contributed by atoms with van der Waals surface area (Å²) < 4.78 is 11.0. The van der Waals surface area contributed by atoms with Gasteiger partial charge in [0.05, 0.1) is 6.61 Å². The molecule has 1 rings (SSSR count). The van der Waals surface area contributed by atoms with Gasteiger partial charge >= 0.3 is 0 Å². The third-order valence-electron chi connectivity index (χ3n) is 3.71. The number of aryl methyl sites for hydroxylation is 1. The van der Waals surface area contributed by atoms with E-state index in [1.165, 1.54) is 17.7 Å². The minimum atomic E-state index is 0. The second-order valence-corrected chi connectivity index (χ2v) is 6.84. The van der Waals surface area contributed by atoms with E-state index in [9.17, 15) is 0 Å². The molecule has 0 atom stereocenters. The zero-order valence-electron chi connectivity index (χ0n) is 16.5. The monoisotopic (exact) mass is 495 g/mol. The molecule has 0 fully saturated rings. The molecule has 1 aromatic carbocycles. The van der Waals surface area contributed by atoms with Crippen LogP contribution in [0.5, 0.6) is 5.75 Å². The fourth-order valence-electron chi connectivity index (χ4n) is 2.31. The molecule has 0 aliphatic carbocycles. The quantitative estimate of drug-likeness (QED) is 0.200. The highest BCUT2D eigenvalue weighted by molar-refractivity contribution is 14.0. The van der Waals surface area contributed by atoms with E-state index in [0.29, 0.717) is 19.8 Å². The Morgan fingerprint density at radius 3 is 2.65 bits per heavy atom. The zero-order valence-corrected chi connectivity index (χ0v) is 19.6. The molecule has 5 nitrogen and oxygen atoms in total. The molecule has 0 aliphatic heterocycles. The van der Waals surface area contributed by atoms with Gasteiger partial charge in [0.15, 0.2) is 5.96 Å². The van der Waals surface area contributed by atoms with Crippen molar-refractivity contribution in [2.45, 2.75) is 32.7 Å². The Kier molecular flexibility index (Phi) is 16.1. The molecule has 0 saturated heterocycles. The van der Waals surface area contributed by atoms with E-state index in [1.54, 1.807) is 14.2 Å². The van der Waals surface area contributed by atoms with E-state index in [0.717, 1.165) is 36.7 Å². The largest absolute Gasteiger partial charge is 0.493 e. The van der Waals surface area contributed by atoms with Crippen molar-refractivity contribution < 1.29 is 9.47 Å². The first-order valence-corrected chi connectivity index (χ1v) is 10.3. The van der Waals surface area contributed by atoms with Crippen LogP contribution in [0.2, 0.25) is 0 Å². The molecule has 0 spiro atoms. The number of unbranched alkanes of at least 4 members (excludes halogenated alkanes) is 1. The van der Waals surface area contributed by atoms with E-state index < -0.39 is 0 Å². The van der Waals surface area contributed by atoms with Crippen molar-refractivity contribution in [3.8, 4) is 5.75 Å². The number of nitrogens with zero attached hydrogens (tertiary/aromatic N) is 1. The summed E-state index contributed by atoms with van der Waals surface area (Å²) in [7, 11) is 3.51. The molecule has 0 amide bonds. The number of halogens is 1. The van der Waals surface area contributed by atoms with Crippen molar-refractivity contribution >= 4 is 41.7 Å². The predicted octanol–water partition coefficient (Wildman–Crippen LogP) is 3.84. The summed E-state index contributed by atoms with van der Waals surface area (Å²) in [6.07, 6.45) is 5.41. The molecule has 150 valence electrons. The summed E-state index contributed by atoms with van der Waals surface area (Å²) in [4.78, 5) is 4.29. The van der Waals surface area contributed by atoms with E-state index in [4.69, 9.17) is 9.47 Å². The number of thioether (sulfide) groups is 1. The van der Waals surface area contributed by atoms with E-state index in [2.05, 4.69) is 47.0 Å². The number of aliphatic imine (C=N–C) groups is 1. The highest BCUT2D eigenvalue weighted by atomic mass is 127. The Balaban J connectivity index is 0.00000625. The first kappa shape index (κ1) is 25.3. The SMILES string of the molecule is CN=C(NCCCCSC)NCc1ccc(C)cc1OCCCOC.I. The molecule has 0 unspecified atom stereocenters. The van der Waals surface area contributed by atoms with Crippen LogP contribution in [-0.2, 0) is 11.3 Å². The summed E-state index contributed by atoms with van der Waals surface area (Å²) in [5.41, 5.74) is 2.33. The minimum absolute atomic E-state index is 0. The molecular weight excluding hydrogens is 461 g/mol. The van der Waals surface area contributed by atoms with Gasteiger partial charge in [0.2, 0.25) is 0 Å². The molecule has 0 bridgehead atoms. The van der Waals surface area contributed by atoms with E-state index >= 15 is 0 Å².